The van der Waals surface area contributed by atoms with Crippen LogP contribution in [0.4, 0.5) is 0 Å². The molecule has 0 N–H and O–H groups in total. The van der Waals surface area contributed by atoms with Gasteiger partial charge in [-0.05, 0) is 33.3 Å². The maximum Gasteiger partial charge on any atom is 0.329 e. The number of carbonyl (C=O) groups is 1. The molecule has 0 aliphatic carbocycles. The average Bonchev–Trinajstić information content (AvgIpc) is 3.02. The Labute approximate surface area is 167 Å². The lowest BCUT2D eigenvalue weighted by Gasteiger charge is -2.14. The number of benzene rings is 1. The molecule has 0 aliphatic heterocycles. The van der Waals surface area contributed by atoms with Gasteiger partial charge in [0.25, 0.3) is 5.56 Å². The Morgan fingerprint density at radius 3 is 2.61 bits per heavy atom. The van der Waals surface area contributed by atoms with E-state index in [1.807, 2.05) is 45.0 Å². The van der Waals surface area contributed by atoms with E-state index in [1.54, 1.807) is 6.92 Å². The van der Waals surface area contributed by atoms with Crippen LogP contribution in [0.1, 0.15) is 30.3 Å². The summed E-state index contributed by atoms with van der Waals surface area (Å²) in [5.41, 5.74) is 2.76. The summed E-state index contributed by atoms with van der Waals surface area (Å²) in [5, 5.41) is 0.544. The number of rotatable bonds is 7. The predicted molar refractivity (Wildman–Crippen MR) is 111 cm³/mol. The second-order valence-electron chi connectivity index (χ2n) is 6.58. The molecular weight excluding hydrogens is 376 g/mol. The Kier molecular flexibility index (Phi) is 6.26. The highest BCUT2D eigenvalue weighted by Gasteiger charge is 2.22. The molecule has 3 aromatic rings. The molecule has 0 saturated carbocycles. The van der Waals surface area contributed by atoms with Crippen LogP contribution in [0.2, 0.25) is 0 Å². The van der Waals surface area contributed by atoms with Crippen molar-refractivity contribution in [1.29, 1.82) is 0 Å². The molecule has 2 aromatic heterocycles. The van der Waals surface area contributed by atoms with Gasteiger partial charge < -0.3 is 9.47 Å². The third kappa shape index (κ3) is 4.00. The molecule has 7 heteroatoms. The Morgan fingerprint density at radius 1 is 1.21 bits per heavy atom. The van der Waals surface area contributed by atoms with E-state index in [4.69, 9.17) is 9.47 Å². The Hall–Kier alpha value is -2.51. The summed E-state index contributed by atoms with van der Waals surface area (Å²) < 4.78 is 11.7. The van der Waals surface area contributed by atoms with Crippen molar-refractivity contribution in [2.45, 2.75) is 33.7 Å². The Bertz CT molecular complexity index is 1040. The quantitative estimate of drug-likeness (QED) is 0.445. The number of ether oxygens (including phenoxy) is 2. The SMILES string of the molecule is CCOCCOC(=O)[C@@H](C)n1cnc2sc(C)c(-c3ccc(C)cc3)c2c1=O. The zero-order chi connectivity index (χ0) is 20.3. The fourth-order valence-electron chi connectivity index (χ4n) is 3.04. The minimum atomic E-state index is -0.767. The van der Waals surface area contributed by atoms with Gasteiger partial charge in [-0.1, -0.05) is 29.8 Å². The molecule has 1 aromatic carbocycles. The van der Waals surface area contributed by atoms with E-state index < -0.39 is 12.0 Å². The fourth-order valence-corrected chi connectivity index (χ4v) is 4.04. The predicted octanol–water partition coefficient (Wildman–Crippen LogP) is 3.88. The summed E-state index contributed by atoms with van der Waals surface area (Å²) in [4.78, 5) is 31.7. The van der Waals surface area contributed by atoms with Crippen LogP contribution in [0.15, 0.2) is 35.4 Å². The molecule has 3 rings (SSSR count). The molecule has 148 valence electrons. The number of hydrogen-bond acceptors (Lipinski definition) is 6. The summed E-state index contributed by atoms with van der Waals surface area (Å²) >= 11 is 1.48. The largest absolute Gasteiger partial charge is 0.462 e. The first-order valence-corrected chi connectivity index (χ1v) is 10.1. The molecule has 0 aliphatic rings. The lowest BCUT2D eigenvalue weighted by atomic mass is 10.0. The van der Waals surface area contributed by atoms with Crippen molar-refractivity contribution in [1.82, 2.24) is 9.55 Å². The number of fused-ring (bicyclic) bond motifs is 1. The van der Waals surface area contributed by atoms with Gasteiger partial charge in [0.1, 0.15) is 17.5 Å². The number of thiophene rings is 1. The molecule has 2 heterocycles. The van der Waals surface area contributed by atoms with Crippen LogP contribution >= 0.6 is 11.3 Å². The van der Waals surface area contributed by atoms with E-state index >= 15 is 0 Å². The molecule has 0 saturated heterocycles. The van der Waals surface area contributed by atoms with E-state index in [1.165, 1.54) is 22.2 Å². The molecule has 0 unspecified atom stereocenters. The first-order chi connectivity index (χ1) is 13.4. The summed E-state index contributed by atoms with van der Waals surface area (Å²) in [5.74, 6) is -0.480. The number of esters is 1. The topological polar surface area (TPSA) is 70.4 Å². The Balaban J connectivity index is 1.98. The average molecular weight is 401 g/mol. The van der Waals surface area contributed by atoms with Crippen LogP contribution in [0, 0.1) is 13.8 Å². The fraction of sp³-hybridized carbons (Fsp3) is 0.381. The number of aromatic nitrogens is 2. The molecule has 0 radical (unpaired) electrons. The van der Waals surface area contributed by atoms with Crippen molar-refractivity contribution in [2.24, 2.45) is 0 Å². The highest BCUT2D eigenvalue weighted by atomic mass is 32.1. The van der Waals surface area contributed by atoms with E-state index in [0.29, 0.717) is 23.4 Å². The Morgan fingerprint density at radius 2 is 1.93 bits per heavy atom. The van der Waals surface area contributed by atoms with Gasteiger partial charge in [-0.3, -0.25) is 9.36 Å². The van der Waals surface area contributed by atoms with Crippen LogP contribution in [-0.2, 0) is 14.3 Å². The normalized spacial score (nSPS) is 12.3. The van der Waals surface area contributed by atoms with Crippen molar-refractivity contribution >= 4 is 27.5 Å². The van der Waals surface area contributed by atoms with E-state index in [2.05, 4.69) is 4.98 Å². The summed E-state index contributed by atoms with van der Waals surface area (Å²) in [6.07, 6.45) is 1.42. The van der Waals surface area contributed by atoms with E-state index in [9.17, 15) is 9.59 Å². The smallest absolute Gasteiger partial charge is 0.329 e. The third-order valence-corrected chi connectivity index (χ3v) is 5.60. The monoisotopic (exact) mass is 400 g/mol. The van der Waals surface area contributed by atoms with Crippen molar-refractivity contribution in [3.63, 3.8) is 0 Å². The van der Waals surface area contributed by atoms with E-state index in [0.717, 1.165) is 21.6 Å². The number of nitrogens with zero attached hydrogens (tertiary/aromatic N) is 2. The lowest BCUT2D eigenvalue weighted by Crippen LogP contribution is -2.30. The maximum atomic E-state index is 13.2. The van der Waals surface area contributed by atoms with Crippen molar-refractivity contribution in [3.8, 4) is 11.1 Å². The molecular formula is C21H24N2O4S. The number of carbonyl (C=O) groups excluding carboxylic acids is 1. The van der Waals surface area contributed by atoms with Gasteiger partial charge in [0, 0.05) is 17.0 Å². The summed E-state index contributed by atoms with van der Waals surface area (Å²) in [6.45, 7) is 8.58. The van der Waals surface area contributed by atoms with Gasteiger partial charge in [0.2, 0.25) is 0 Å². The number of aryl methyl sites for hydroxylation is 2. The molecule has 0 spiro atoms. The van der Waals surface area contributed by atoms with Crippen LogP contribution in [0.25, 0.3) is 21.3 Å². The van der Waals surface area contributed by atoms with Crippen LogP contribution in [0.3, 0.4) is 0 Å². The van der Waals surface area contributed by atoms with Crippen molar-refractivity contribution in [3.05, 3.63) is 51.4 Å². The lowest BCUT2D eigenvalue weighted by molar-refractivity contribution is -0.148. The molecule has 6 nitrogen and oxygen atoms in total. The molecule has 0 bridgehead atoms. The van der Waals surface area contributed by atoms with Gasteiger partial charge in [-0.15, -0.1) is 11.3 Å². The van der Waals surface area contributed by atoms with Crippen LogP contribution < -0.4 is 5.56 Å². The minimum Gasteiger partial charge on any atom is -0.462 e. The first kappa shape index (κ1) is 20.2. The minimum absolute atomic E-state index is 0.160. The molecule has 0 amide bonds. The van der Waals surface area contributed by atoms with Gasteiger partial charge in [-0.2, -0.15) is 0 Å². The van der Waals surface area contributed by atoms with Gasteiger partial charge in [-0.25, -0.2) is 9.78 Å². The maximum absolute atomic E-state index is 13.2. The van der Waals surface area contributed by atoms with Crippen molar-refractivity contribution in [2.75, 3.05) is 19.8 Å². The highest BCUT2D eigenvalue weighted by Crippen LogP contribution is 2.35. The standard InChI is InChI=1S/C21H24N2O4S/c1-5-26-10-11-27-21(25)14(3)23-12-22-19-18(20(23)24)17(15(4)28-19)16-8-6-13(2)7-9-16/h6-9,12,14H,5,10-11H2,1-4H3/t14-/m1/s1. The zero-order valence-electron chi connectivity index (χ0n) is 16.5. The van der Waals surface area contributed by atoms with Crippen LogP contribution in [-0.4, -0.2) is 35.3 Å². The third-order valence-electron chi connectivity index (χ3n) is 4.59. The molecule has 1 atom stereocenters. The zero-order valence-corrected chi connectivity index (χ0v) is 17.3. The molecule has 0 fully saturated rings. The summed E-state index contributed by atoms with van der Waals surface area (Å²) in [6, 6.07) is 7.28. The second kappa shape index (κ2) is 8.67. The second-order valence-corrected chi connectivity index (χ2v) is 7.78. The first-order valence-electron chi connectivity index (χ1n) is 9.25. The van der Waals surface area contributed by atoms with E-state index in [-0.39, 0.29) is 12.2 Å². The van der Waals surface area contributed by atoms with Gasteiger partial charge in [0.15, 0.2) is 0 Å². The van der Waals surface area contributed by atoms with Crippen molar-refractivity contribution < 1.29 is 14.3 Å². The van der Waals surface area contributed by atoms with Gasteiger partial charge in [0.05, 0.1) is 18.3 Å². The number of hydrogen-bond donors (Lipinski definition) is 0. The highest BCUT2D eigenvalue weighted by molar-refractivity contribution is 7.19. The van der Waals surface area contributed by atoms with Crippen LogP contribution in [0.5, 0.6) is 0 Å². The molecule has 28 heavy (non-hydrogen) atoms. The van der Waals surface area contributed by atoms with Gasteiger partial charge >= 0.3 is 5.97 Å². The summed E-state index contributed by atoms with van der Waals surface area (Å²) in [7, 11) is 0.